The van der Waals surface area contributed by atoms with E-state index in [1.165, 1.54) is 0 Å². The van der Waals surface area contributed by atoms with Crippen LogP contribution in [0.2, 0.25) is 0 Å². The number of benzene rings is 2. The van der Waals surface area contributed by atoms with E-state index in [0.717, 1.165) is 40.6 Å². The van der Waals surface area contributed by atoms with Gasteiger partial charge in [-0.3, -0.25) is 14.5 Å². The number of nitrogens with one attached hydrogen (secondary N) is 1. The highest BCUT2D eigenvalue weighted by atomic mass is 32.1. The summed E-state index contributed by atoms with van der Waals surface area (Å²) < 4.78 is 7.02. The molecule has 0 bridgehead atoms. The van der Waals surface area contributed by atoms with Gasteiger partial charge in [0.15, 0.2) is 5.11 Å². The van der Waals surface area contributed by atoms with E-state index in [2.05, 4.69) is 18.3 Å². The summed E-state index contributed by atoms with van der Waals surface area (Å²) in [5, 5.41) is 4.38. The van der Waals surface area contributed by atoms with Gasteiger partial charge in [-0.15, -0.1) is 0 Å². The molecule has 3 aromatic rings. The number of aromatic nitrogens is 1. The Kier molecular flexibility index (Phi) is 7.63. The number of anilines is 1. The number of ether oxygens (including phenoxy) is 1. The summed E-state index contributed by atoms with van der Waals surface area (Å²) >= 11 is 5.60. The van der Waals surface area contributed by atoms with Gasteiger partial charge in [0, 0.05) is 44.5 Å². The van der Waals surface area contributed by atoms with Crippen LogP contribution in [0.5, 0.6) is 0 Å². The lowest BCUT2D eigenvalue weighted by molar-refractivity contribution is -0.121. The van der Waals surface area contributed by atoms with Crippen LogP contribution in [0.4, 0.5) is 5.69 Å². The van der Waals surface area contributed by atoms with Gasteiger partial charge in [0.25, 0.3) is 5.91 Å². The summed E-state index contributed by atoms with van der Waals surface area (Å²) in [6.45, 7) is 3.46. The maximum absolute atomic E-state index is 13.4. The molecule has 8 heteroatoms. The van der Waals surface area contributed by atoms with Crippen LogP contribution >= 0.6 is 12.2 Å². The fraction of sp³-hybridized carbons (Fsp3) is 0.296. The van der Waals surface area contributed by atoms with Crippen molar-refractivity contribution in [2.24, 2.45) is 0 Å². The van der Waals surface area contributed by atoms with Crippen LogP contribution in [0.25, 0.3) is 17.0 Å². The number of rotatable bonds is 9. The van der Waals surface area contributed by atoms with E-state index in [1.54, 1.807) is 24.0 Å². The van der Waals surface area contributed by atoms with E-state index in [1.807, 2.05) is 59.3 Å². The van der Waals surface area contributed by atoms with Crippen LogP contribution in [-0.2, 0) is 27.3 Å². The van der Waals surface area contributed by atoms with Crippen LogP contribution in [-0.4, -0.2) is 53.7 Å². The van der Waals surface area contributed by atoms with Gasteiger partial charge in [-0.25, -0.2) is 0 Å². The number of amides is 2. The maximum atomic E-state index is 13.4. The van der Waals surface area contributed by atoms with Crippen LogP contribution in [0, 0.1) is 0 Å². The molecule has 4 rings (SSSR count). The normalized spacial score (nSPS) is 15.0. The molecular formula is C27H30N4O3S. The number of likely N-dealkylation sites (N-methyl/N-ethyl adjacent to an activating group) is 1. The summed E-state index contributed by atoms with van der Waals surface area (Å²) in [7, 11) is 3.45. The number of hydrogen-bond donors (Lipinski definition) is 1. The molecular weight excluding hydrogens is 460 g/mol. The Bertz CT molecular complexity index is 1280. The van der Waals surface area contributed by atoms with Crippen LogP contribution in [0.15, 0.2) is 60.4 Å². The average Bonchev–Trinajstić information content (AvgIpc) is 3.32. The first kappa shape index (κ1) is 24.6. The van der Waals surface area contributed by atoms with E-state index >= 15 is 0 Å². The monoisotopic (exact) mass is 490 g/mol. The number of carbonyl (C=O) groups excluding carboxylic acids is 2. The summed E-state index contributed by atoms with van der Waals surface area (Å²) in [6.07, 6.45) is 5.41. The third kappa shape index (κ3) is 4.99. The number of nitrogens with zero attached hydrogens (tertiary/aromatic N) is 3. The first-order valence-electron chi connectivity index (χ1n) is 11.7. The number of para-hydroxylation sites is 2. The third-order valence-electron chi connectivity index (χ3n) is 6.12. The fourth-order valence-electron chi connectivity index (χ4n) is 4.35. The molecule has 1 N–H and O–H groups in total. The second-order valence-electron chi connectivity index (χ2n) is 8.42. The van der Waals surface area contributed by atoms with E-state index in [0.29, 0.717) is 24.0 Å². The molecule has 0 radical (unpaired) electrons. The predicted molar refractivity (Wildman–Crippen MR) is 143 cm³/mol. The van der Waals surface area contributed by atoms with Crippen molar-refractivity contribution in [3.05, 3.63) is 71.6 Å². The van der Waals surface area contributed by atoms with Gasteiger partial charge in [0.1, 0.15) is 12.2 Å². The first-order chi connectivity index (χ1) is 17.0. The highest BCUT2D eigenvalue weighted by Crippen LogP contribution is 2.31. The molecule has 1 fully saturated rings. The number of methoxy groups -OCH3 is 1. The van der Waals surface area contributed by atoms with E-state index < -0.39 is 0 Å². The third-order valence-corrected chi connectivity index (χ3v) is 6.58. The molecule has 0 aliphatic carbocycles. The maximum Gasteiger partial charge on any atom is 0.281 e. The molecule has 2 aromatic carbocycles. The summed E-state index contributed by atoms with van der Waals surface area (Å²) in [4.78, 5) is 29.3. The van der Waals surface area contributed by atoms with Crippen molar-refractivity contribution in [3.8, 4) is 0 Å². The number of thiocarbonyl (C=S) groups is 1. The molecule has 35 heavy (non-hydrogen) atoms. The molecule has 7 nitrogen and oxygen atoms in total. The Balaban J connectivity index is 1.70. The van der Waals surface area contributed by atoms with Gasteiger partial charge in [-0.1, -0.05) is 43.3 Å². The first-order valence-corrected chi connectivity index (χ1v) is 12.1. The summed E-state index contributed by atoms with van der Waals surface area (Å²) in [6, 6.07) is 15.5. The predicted octanol–water partition coefficient (Wildman–Crippen LogP) is 3.96. The Labute approximate surface area is 211 Å². The molecule has 182 valence electrons. The molecule has 1 aromatic heterocycles. The van der Waals surface area contributed by atoms with Crippen molar-refractivity contribution < 1.29 is 14.3 Å². The number of hydrogen-bond acceptors (Lipinski definition) is 4. The van der Waals surface area contributed by atoms with Crippen molar-refractivity contribution in [3.63, 3.8) is 0 Å². The smallest absolute Gasteiger partial charge is 0.281 e. The lowest BCUT2D eigenvalue weighted by Crippen LogP contribution is -2.30. The van der Waals surface area contributed by atoms with Gasteiger partial charge in [-0.2, -0.15) is 0 Å². The largest absolute Gasteiger partial charge is 0.385 e. The lowest BCUT2D eigenvalue weighted by Gasteiger charge is -2.16. The molecule has 0 spiro atoms. The highest BCUT2D eigenvalue weighted by Gasteiger charge is 2.36. The molecule has 0 unspecified atom stereocenters. The Hall–Kier alpha value is -3.49. The zero-order chi connectivity index (χ0) is 24.9. The van der Waals surface area contributed by atoms with E-state index in [-0.39, 0.29) is 18.4 Å². The van der Waals surface area contributed by atoms with E-state index in [4.69, 9.17) is 17.0 Å². The second-order valence-corrected chi connectivity index (χ2v) is 8.79. The lowest BCUT2D eigenvalue weighted by atomic mass is 10.1. The quantitative estimate of drug-likeness (QED) is 0.279. The van der Waals surface area contributed by atoms with Crippen molar-refractivity contribution in [2.75, 3.05) is 32.2 Å². The van der Waals surface area contributed by atoms with Gasteiger partial charge in [0.05, 0.1) is 11.2 Å². The summed E-state index contributed by atoms with van der Waals surface area (Å²) in [5.74, 6) is -0.235. The van der Waals surface area contributed by atoms with Gasteiger partial charge in [-0.05, 0) is 48.8 Å². The Morgan fingerprint density at radius 2 is 1.91 bits per heavy atom. The second kappa shape index (κ2) is 10.8. The molecule has 0 atom stereocenters. The number of carbonyl (C=O) groups is 2. The fourth-order valence-corrected chi connectivity index (χ4v) is 4.64. The topological polar surface area (TPSA) is 66.8 Å². The Morgan fingerprint density at radius 3 is 2.63 bits per heavy atom. The SMILES string of the molecule is CCc1cccc2c(/C=C3/C(=O)N(c4ccccc4)C(=S)N3C)cn(CC(=O)NCCCOC)c12. The minimum Gasteiger partial charge on any atom is -0.385 e. The molecule has 1 aliphatic heterocycles. The van der Waals surface area contributed by atoms with Crippen molar-refractivity contribution >= 4 is 51.8 Å². The molecule has 2 amide bonds. The number of aryl methyl sites for hydroxylation is 1. The number of fused-ring (bicyclic) bond motifs is 1. The Morgan fingerprint density at radius 1 is 1.14 bits per heavy atom. The van der Waals surface area contributed by atoms with Crippen molar-refractivity contribution in [2.45, 2.75) is 26.3 Å². The molecule has 2 heterocycles. The van der Waals surface area contributed by atoms with Gasteiger partial charge < -0.3 is 19.5 Å². The standard InChI is InChI=1S/C27H30N4O3S/c1-4-19-10-8-13-22-20(17-30(25(19)22)18-24(32)28-14-9-15-34-3)16-23-26(33)31(27(35)29(23)2)21-11-6-5-7-12-21/h5-8,10-13,16-17H,4,9,14-15,18H2,1-3H3,(H,28,32)/b23-16-. The van der Waals surface area contributed by atoms with Crippen LogP contribution in [0.1, 0.15) is 24.5 Å². The molecule has 0 saturated carbocycles. The minimum absolute atomic E-state index is 0.0615. The average molecular weight is 491 g/mol. The zero-order valence-electron chi connectivity index (χ0n) is 20.3. The van der Waals surface area contributed by atoms with Crippen LogP contribution < -0.4 is 10.2 Å². The van der Waals surface area contributed by atoms with Crippen molar-refractivity contribution in [1.29, 1.82) is 0 Å². The summed E-state index contributed by atoms with van der Waals surface area (Å²) in [5.41, 5.74) is 4.24. The van der Waals surface area contributed by atoms with Gasteiger partial charge in [0.2, 0.25) is 5.91 Å². The zero-order valence-corrected chi connectivity index (χ0v) is 21.1. The van der Waals surface area contributed by atoms with Crippen molar-refractivity contribution in [1.82, 2.24) is 14.8 Å². The van der Waals surface area contributed by atoms with E-state index in [9.17, 15) is 9.59 Å². The molecule has 1 aliphatic rings. The van der Waals surface area contributed by atoms with Gasteiger partial charge >= 0.3 is 0 Å². The minimum atomic E-state index is -0.174. The van der Waals surface area contributed by atoms with Crippen LogP contribution in [0.3, 0.4) is 0 Å². The highest BCUT2D eigenvalue weighted by molar-refractivity contribution is 7.80. The molecule has 1 saturated heterocycles.